The Labute approximate surface area is 252 Å². The number of rotatable bonds is 9. The molecule has 4 fully saturated rings. The van der Waals surface area contributed by atoms with Crippen LogP contribution in [0.1, 0.15) is 64.4 Å². The predicted molar refractivity (Wildman–Crippen MR) is 161 cm³/mol. The standard InChI is InChI=1S/C33H40FN7O2/c1-20(2)30(23-12-25(13-23)38-21(3)42)41-17-33(18-41)9-11-40(16-33)31-32(39-37-19-36-31)43-29-7-6-24(34)14-27(29)28-15-35-10-8-26(28)22-4-5-22/h6-8,10,14-15,19-20,22-23,25,30H,4-5,9,11-13,16-18H2,1-3H3,(H,38,42)/t23?,25?,30-/m1/s1. The lowest BCUT2D eigenvalue weighted by atomic mass is 9.68. The van der Waals surface area contributed by atoms with Crippen molar-refractivity contribution >= 4 is 11.7 Å². The molecule has 1 spiro atoms. The van der Waals surface area contributed by atoms with Crippen LogP contribution in [-0.2, 0) is 4.79 Å². The van der Waals surface area contributed by atoms with E-state index in [0.717, 1.165) is 63.8 Å². The Kier molecular flexibility index (Phi) is 7.27. The van der Waals surface area contributed by atoms with Crippen molar-refractivity contribution in [2.45, 2.75) is 70.9 Å². The molecule has 0 radical (unpaired) electrons. The van der Waals surface area contributed by atoms with E-state index >= 15 is 0 Å². The fourth-order valence-corrected chi connectivity index (χ4v) is 7.84. The van der Waals surface area contributed by atoms with Gasteiger partial charge in [-0.15, -0.1) is 10.2 Å². The summed E-state index contributed by atoms with van der Waals surface area (Å²) in [5.74, 6) is 2.93. The number of hydrogen-bond donors (Lipinski definition) is 1. The van der Waals surface area contributed by atoms with Crippen LogP contribution in [0.4, 0.5) is 10.2 Å². The number of ether oxygens (including phenoxy) is 1. The molecule has 0 bridgehead atoms. The minimum atomic E-state index is -0.325. The highest BCUT2D eigenvalue weighted by molar-refractivity contribution is 5.74. The quantitative estimate of drug-likeness (QED) is 0.367. The van der Waals surface area contributed by atoms with Gasteiger partial charge in [-0.05, 0) is 79.7 Å². The number of anilines is 1. The van der Waals surface area contributed by atoms with Gasteiger partial charge in [0.1, 0.15) is 17.9 Å². The van der Waals surface area contributed by atoms with Crippen molar-refractivity contribution in [3.05, 3.63) is 54.4 Å². The summed E-state index contributed by atoms with van der Waals surface area (Å²) in [6.07, 6.45) is 10.5. The molecule has 0 unspecified atom stereocenters. The summed E-state index contributed by atoms with van der Waals surface area (Å²) in [4.78, 5) is 25.4. The summed E-state index contributed by atoms with van der Waals surface area (Å²) >= 11 is 0. The van der Waals surface area contributed by atoms with Crippen molar-refractivity contribution in [1.29, 1.82) is 0 Å². The van der Waals surface area contributed by atoms with Crippen molar-refractivity contribution in [3.8, 4) is 22.8 Å². The van der Waals surface area contributed by atoms with Crippen molar-refractivity contribution in [3.63, 3.8) is 0 Å². The minimum absolute atomic E-state index is 0.0665. The zero-order valence-electron chi connectivity index (χ0n) is 25.2. The van der Waals surface area contributed by atoms with Crippen molar-refractivity contribution in [2.75, 3.05) is 31.1 Å². The first kappa shape index (κ1) is 28.1. The number of amides is 1. The van der Waals surface area contributed by atoms with Crippen LogP contribution in [0.2, 0.25) is 0 Å². The van der Waals surface area contributed by atoms with Crippen molar-refractivity contribution in [2.24, 2.45) is 17.3 Å². The molecule has 1 amide bonds. The maximum Gasteiger partial charge on any atom is 0.282 e. The van der Waals surface area contributed by atoms with Crippen molar-refractivity contribution < 1.29 is 13.9 Å². The number of carbonyl (C=O) groups is 1. The molecule has 2 aromatic heterocycles. The second-order valence-electron chi connectivity index (χ2n) is 13.5. The largest absolute Gasteiger partial charge is 0.434 e. The van der Waals surface area contributed by atoms with Gasteiger partial charge in [-0.3, -0.25) is 14.7 Å². The Morgan fingerprint density at radius 2 is 1.95 bits per heavy atom. The van der Waals surface area contributed by atoms with E-state index in [1.165, 1.54) is 24.0 Å². The van der Waals surface area contributed by atoms with Gasteiger partial charge in [-0.1, -0.05) is 13.8 Å². The molecule has 2 aliphatic carbocycles. The summed E-state index contributed by atoms with van der Waals surface area (Å²) in [5.41, 5.74) is 2.94. The maximum absolute atomic E-state index is 14.5. The van der Waals surface area contributed by atoms with Gasteiger partial charge in [-0.25, -0.2) is 9.37 Å². The third kappa shape index (κ3) is 5.57. The molecule has 1 atom stereocenters. The molecule has 10 heteroatoms. The number of pyridine rings is 1. The second kappa shape index (κ2) is 11.1. The first-order chi connectivity index (χ1) is 20.8. The van der Waals surface area contributed by atoms with Crippen LogP contribution < -0.4 is 15.0 Å². The zero-order chi connectivity index (χ0) is 29.7. The fraction of sp³-hybridized carbons (Fsp3) is 0.545. The van der Waals surface area contributed by atoms with E-state index in [-0.39, 0.29) is 17.1 Å². The van der Waals surface area contributed by atoms with E-state index in [1.807, 2.05) is 6.07 Å². The Morgan fingerprint density at radius 1 is 1.14 bits per heavy atom. The highest BCUT2D eigenvalue weighted by Crippen LogP contribution is 2.49. The number of nitrogens with one attached hydrogen (secondary N) is 1. The average Bonchev–Trinajstić information content (AvgIpc) is 3.70. The molecule has 226 valence electrons. The number of carbonyl (C=O) groups excluding carboxylic acids is 1. The van der Waals surface area contributed by atoms with Crippen LogP contribution in [0.5, 0.6) is 11.6 Å². The monoisotopic (exact) mass is 585 g/mol. The van der Waals surface area contributed by atoms with Gasteiger partial charge in [0.05, 0.1) is 0 Å². The topological polar surface area (TPSA) is 96.4 Å². The summed E-state index contributed by atoms with van der Waals surface area (Å²) < 4.78 is 20.9. The molecule has 4 heterocycles. The molecule has 2 aliphatic heterocycles. The Balaban J connectivity index is 1.06. The summed E-state index contributed by atoms with van der Waals surface area (Å²) in [6.45, 7) is 10.1. The summed E-state index contributed by atoms with van der Waals surface area (Å²) in [5, 5.41) is 11.5. The number of aromatic nitrogens is 4. The van der Waals surface area contributed by atoms with Gasteiger partial charge in [0.15, 0.2) is 5.82 Å². The fourth-order valence-electron chi connectivity index (χ4n) is 7.84. The molecule has 2 saturated carbocycles. The molecule has 2 saturated heterocycles. The van der Waals surface area contributed by atoms with Gasteiger partial charge in [0.25, 0.3) is 5.88 Å². The average molecular weight is 586 g/mol. The van der Waals surface area contributed by atoms with Crippen LogP contribution in [-0.4, -0.2) is 69.2 Å². The predicted octanol–water partition coefficient (Wildman–Crippen LogP) is 5.19. The van der Waals surface area contributed by atoms with Gasteiger partial charge in [-0.2, -0.15) is 0 Å². The number of likely N-dealkylation sites (tertiary alicyclic amines) is 1. The number of halogens is 1. The SMILES string of the molecule is CC(=O)NC1CC([C@@H](C(C)C)N2CC3(CCN(c4ncnnc4Oc4ccc(F)cc4-c4cnccc4C4CC4)C3)C2)C1. The maximum atomic E-state index is 14.5. The van der Waals surface area contributed by atoms with E-state index in [4.69, 9.17) is 4.74 Å². The molecular weight excluding hydrogens is 545 g/mol. The highest BCUT2D eigenvalue weighted by Gasteiger charge is 2.53. The molecule has 7 rings (SSSR count). The van der Waals surface area contributed by atoms with E-state index < -0.39 is 0 Å². The summed E-state index contributed by atoms with van der Waals surface area (Å²) in [6, 6.07) is 7.47. The Bertz CT molecular complexity index is 1500. The smallest absolute Gasteiger partial charge is 0.282 e. The number of hydrogen-bond acceptors (Lipinski definition) is 8. The van der Waals surface area contributed by atoms with Gasteiger partial charge in [0, 0.05) is 74.1 Å². The molecular formula is C33H40FN7O2. The van der Waals surface area contributed by atoms with Crippen LogP contribution >= 0.6 is 0 Å². The first-order valence-electron chi connectivity index (χ1n) is 15.6. The minimum Gasteiger partial charge on any atom is -0.434 e. The van der Waals surface area contributed by atoms with Gasteiger partial charge in [0.2, 0.25) is 5.91 Å². The highest BCUT2D eigenvalue weighted by atomic mass is 19.1. The lowest BCUT2D eigenvalue weighted by molar-refractivity contribution is -0.121. The number of benzene rings is 1. The second-order valence-corrected chi connectivity index (χ2v) is 13.5. The van der Waals surface area contributed by atoms with Crippen LogP contribution in [0.3, 0.4) is 0 Å². The van der Waals surface area contributed by atoms with E-state index in [0.29, 0.717) is 52.8 Å². The molecule has 3 aromatic rings. The molecule has 1 aromatic carbocycles. The van der Waals surface area contributed by atoms with Gasteiger partial charge >= 0.3 is 0 Å². The van der Waals surface area contributed by atoms with Crippen LogP contribution in [0, 0.1) is 23.1 Å². The third-order valence-electron chi connectivity index (χ3n) is 9.87. The van der Waals surface area contributed by atoms with Crippen LogP contribution in [0.15, 0.2) is 43.0 Å². The lowest BCUT2D eigenvalue weighted by Gasteiger charge is -2.57. The normalized spacial score (nSPS) is 23.6. The first-order valence-corrected chi connectivity index (χ1v) is 15.6. The molecule has 4 aliphatic rings. The summed E-state index contributed by atoms with van der Waals surface area (Å²) in [7, 11) is 0. The van der Waals surface area contributed by atoms with Gasteiger partial charge < -0.3 is 15.0 Å². The molecule has 43 heavy (non-hydrogen) atoms. The molecule has 9 nitrogen and oxygen atoms in total. The Hall–Kier alpha value is -3.66. The molecule has 1 N–H and O–H groups in total. The number of nitrogens with zero attached hydrogens (tertiary/aromatic N) is 6. The third-order valence-corrected chi connectivity index (χ3v) is 9.87. The van der Waals surface area contributed by atoms with E-state index in [1.54, 1.807) is 25.4 Å². The van der Waals surface area contributed by atoms with E-state index in [2.05, 4.69) is 49.1 Å². The van der Waals surface area contributed by atoms with Crippen LogP contribution in [0.25, 0.3) is 11.1 Å². The van der Waals surface area contributed by atoms with Crippen molar-refractivity contribution in [1.82, 2.24) is 30.4 Å². The van der Waals surface area contributed by atoms with E-state index in [9.17, 15) is 9.18 Å². The zero-order valence-corrected chi connectivity index (χ0v) is 25.2. The Morgan fingerprint density at radius 3 is 2.70 bits per heavy atom. The lowest BCUT2D eigenvalue weighted by Crippen LogP contribution is -2.65.